The Labute approximate surface area is 206 Å². The van der Waals surface area contributed by atoms with Crippen molar-refractivity contribution in [1.82, 2.24) is 9.88 Å². The van der Waals surface area contributed by atoms with E-state index in [0.717, 1.165) is 61.9 Å². The van der Waals surface area contributed by atoms with E-state index >= 15 is 0 Å². The Balaban J connectivity index is 1.28. The number of esters is 1. The molecule has 0 N–H and O–H groups in total. The summed E-state index contributed by atoms with van der Waals surface area (Å²) in [7, 11) is 0. The molecule has 1 fully saturated rings. The third-order valence-electron chi connectivity index (χ3n) is 5.91. The average molecular weight is 482 g/mol. The van der Waals surface area contributed by atoms with Crippen LogP contribution < -0.4 is 4.90 Å². The van der Waals surface area contributed by atoms with Gasteiger partial charge in [-0.15, -0.1) is 0 Å². The van der Waals surface area contributed by atoms with Crippen LogP contribution in [-0.2, 0) is 22.6 Å². The number of hydrogen-bond acceptors (Lipinski definition) is 6. The number of carbonyl (C=O) groups is 1. The van der Waals surface area contributed by atoms with Gasteiger partial charge in [-0.3, -0.25) is 4.90 Å². The maximum absolute atomic E-state index is 12.5. The number of piperazine rings is 1. The van der Waals surface area contributed by atoms with Gasteiger partial charge in [-0.2, -0.15) is 0 Å². The van der Waals surface area contributed by atoms with Crippen LogP contribution in [-0.4, -0.2) is 48.1 Å². The smallest absolute Gasteiger partial charge is 0.342 e. The molecule has 0 radical (unpaired) electrons. The Morgan fingerprint density at radius 3 is 2.53 bits per heavy atom. The van der Waals surface area contributed by atoms with Crippen LogP contribution in [0.2, 0.25) is 0 Å². The highest BCUT2D eigenvalue weighted by Gasteiger charge is 2.23. The predicted octanol–water partition coefficient (Wildman–Crippen LogP) is 5.29. The molecule has 1 saturated heterocycles. The number of anilines is 1. The van der Waals surface area contributed by atoms with Gasteiger partial charge in [-0.05, 0) is 56.0 Å². The maximum Gasteiger partial charge on any atom is 0.342 e. The largest absolute Gasteiger partial charge is 0.488 e. The number of hydrogen-bond donors (Lipinski definition) is 0. The zero-order valence-electron chi connectivity index (χ0n) is 19.9. The van der Waals surface area contributed by atoms with E-state index in [1.807, 2.05) is 19.9 Å². The summed E-state index contributed by atoms with van der Waals surface area (Å²) in [6, 6.07) is 12.1. The molecule has 0 bridgehead atoms. The molecule has 2 aromatic rings. The minimum Gasteiger partial charge on any atom is -0.488 e. The summed E-state index contributed by atoms with van der Waals surface area (Å²) in [5.41, 5.74) is 2.93. The van der Waals surface area contributed by atoms with E-state index < -0.39 is 0 Å². The van der Waals surface area contributed by atoms with Crippen LogP contribution in [0.5, 0.6) is 0 Å². The minimum atomic E-state index is -0.317. The Morgan fingerprint density at radius 2 is 1.82 bits per heavy atom. The average Bonchev–Trinajstić information content (AvgIpc) is 2.84. The Bertz CT molecular complexity index is 1040. The SMILES string of the molecule is CC(C)OC(=O)c1cccnc1N1CCN(Cc2ccc(COC3=C(Cl)CCC=C3)cc2)CC1. The van der Waals surface area contributed by atoms with Gasteiger partial charge >= 0.3 is 5.97 Å². The molecule has 180 valence electrons. The summed E-state index contributed by atoms with van der Waals surface area (Å²) in [6.45, 7) is 8.54. The number of pyridine rings is 1. The fourth-order valence-corrected chi connectivity index (χ4v) is 4.33. The monoisotopic (exact) mass is 481 g/mol. The lowest BCUT2D eigenvalue weighted by atomic mass is 10.1. The van der Waals surface area contributed by atoms with Crippen LogP contribution in [0.3, 0.4) is 0 Å². The zero-order valence-corrected chi connectivity index (χ0v) is 20.6. The van der Waals surface area contributed by atoms with Crippen molar-refractivity contribution in [3.8, 4) is 0 Å². The zero-order chi connectivity index (χ0) is 23.9. The first kappa shape index (κ1) is 24.3. The van der Waals surface area contributed by atoms with Crippen molar-refractivity contribution in [2.24, 2.45) is 0 Å². The van der Waals surface area contributed by atoms with Crippen molar-refractivity contribution in [3.05, 3.63) is 82.2 Å². The second-order valence-electron chi connectivity index (χ2n) is 8.91. The molecule has 1 aromatic heterocycles. The molecule has 2 heterocycles. The summed E-state index contributed by atoms with van der Waals surface area (Å²) in [4.78, 5) is 21.6. The first-order valence-electron chi connectivity index (χ1n) is 11.9. The highest BCUT2D eigenvalue weighted by atomic mass is 35.5. The van der Waals surface area contributed by atoms with Gasteiger partial charge in [-0.1, -0.05) is 41.9 Å². The standard InChI is InChI=1S/C27H32ClN3O3/c1-20(2)34-27(32)23-6-5-13-29-26(23)31-16-14-30(15-17-31)18-21-9-11-22(12-10-21)19-33-25-8-4-3-7-24(25)28/h4-6,8-13,20H,3,7,14-19H2,1-2H3. The number of halogens is 1. The topological polar surface area (TPSA) is 54.9 Å². The number of benzene rings is 1. The highest BCUT2D eigenvalue weighted by molar-refractivity contribution is 6.30. The van der Waals surface area contributed by atoms with Crippen molar-refractivity contribution in [2.75, 3.05) is 31.1 Å². The van der Waals surface area contributed by atoms with Crippen LogP contribution in [0.25, 0.3) is 0 Å². The van der Waals surface area contributed by atoms with Gasteiger partial charge in [0.2, 0.25) is 0 Å². The third kappa shape index (κ3) is 6.39. The second-order valence-corrected chi connectivity index (χ2v) is 9.36. The molecule has 0 unspecified atom stereocenters. The van der Waals surface area contributed by atoms with Gasteiger partial charge in [0.15, 0.2) is 0 Å². The van der Waals surface area contributed by atoms with Gasteiger partial charge in [0.05, 0.1) is 11.1 Å². The fraction of sp³-hybridized carbons (Fsp3) is 0.407. The van der Waals surface area contributed by atoms with E-state index in [2.05, 4.69) is 45.1 Å². The van der Waals surface area contributed by atoms with Gasteiger partial charge in [0, 0.05) is 38.9 Å². The quantitative estimate of drug-likeness (QED) is 0.478. The molecule has 34 heavy (non-hydrogen) atoms. The molecule has 1 aromatic carbocycles. The first-order valence-corrected chi connectivity index (χ1v) is 12.3. The van der Waals surface area contributed by atoms with Crippen molar-refractivity contribution < 1.29 is 14.3 Å². The number of rotatable bonds is 8. The summed E-state index contributed by atoms with van der Waals surface area (Å²) in [5, 5.41) is 0.799. The summed E-state index contributed by atoms with van der Waals surface area (Å²) >= 11 is 6.24. The molecule has 1 aliphatic carbocycles. The molecule has 0 saturated carbocycles. The first-order chi connectivity index (χ1) is 16.5. The van der Waals surface area contributed by atoms with E-state index in [-0.39, 0.29) is 12.1 Å². The molecule has 0 amide bonds. The molecular weight excluding hydrogens is 450 g/mol. The van der Waals surface area contributed by atoms with Crippen LogP contribution in [0.4, 0.5) is 5.82 Å². The molecular formula is C27H32ClN3O3. The lowest BCUT2D eigenvalue weighted by Crippen LogP contribution is -2.46. The van der Waals surface area contributed by atoms with Crippen molar-refractivity contribution >= 4 is 23.4 Å². The van der Waals surface area contributed by atoms with Gasteiger partial charge in [-0.25, -0.2) is 9.78 Å². The number of nitrogens with zero attached hydrogens (tertiary/aromatic N) is 3. The van der Waals surface area contributed by atoms with Crippen LogP contribution >= 0.6 is 11.6 Å². The molecule has 4 rings (SSSR count). The maximum atomic E-state index is 12.5. The van der Waals surface area contributed by atoms with E-state index in [1.54, 1.807) is 18.3 Å². The summed E-state index contributed by atoms with van der Waals surface area (Å²) in [5.74, 6) is 1.17. The second kappa shape index (κ2) is 11.5. The Morgan fingerprint density at radius 1 is 1.09 bits per heavy atom. The predicted molar refractivity (Wildman–Crippen MR) is 135 cm³/mol. The Hall–Kier alpha value is -2.83. The summed E-state index contributed by atoms with van der Waals surface area (Å²) < 4.78 is 11.3. The number of carbonyl (C=O) groups excluding carboxylic acids is 1. The number of aromatic nitrogens is 1. The van der Waals surface area contributed by atoms with Crippen molar-refractivity contribution in [2.45, 2.75) is 45.9 Å². The van der Waals surface area contributed by atoms with Gasteiger partial charge in [0.1, 0.15) is 23.7 Å². The van der Waals surface area contributed by atoms with Crippen LogP contribution in [0.15, 0.2) is 65.5 Å². The molecule has 0 atom stereocenters. The van der Waals surface area contributed by atoms with E-state index in [9.17, 15) is 4.79 Å². The summed E-state index contributed by atoms with van der Waals surface area (Å²) in [6.07, 6.45) is 7.45. The lowest BCUT2D eigenvalue weighted by Gasteiger charge is -2.36. The molecule has 1 aliphatic heterocycles. The highest BCUT2D eigenvalue weighted by Crippen LogP contribution is 2.24. The van der Waals surface area contributed by atoms with Crippen molar-refractivity contribution in [3.63, 3.8) is 0 Å². The van der Waals surface area contributed by atoms with E-state index in [0.29, 0.717) is 18.0 Å². The minimum absolute atomic E-state index is 0.158. The number of allylic oxidation sites excluding steroid dienone is 3. The lowest BCUT2D eigenvalue weighted by molar-refractivity contribution is 0.0378. The van der Waals surface area contributed by atoms with Gasteiger partial charge < -0.3 is 14.4 Å². The third-order valence-corrected chi connectivity index (χ3v) is 6.29. The molecule has 7 heteroatoms. The number of ether oxygens (including phenoxy) is 2. The van der Waals surface area contributed by atoms with Crippen molar-refractivity contribution in [1.29, 1.82) is 0 Å². The fourth-order valence-electron chi connectivity index (χ4n) is 4.10. The van der Waals surface area contributed by atoms with E-state index in [1.165, 1.54) is 5.56 Å². The Kier molecular flexibility index (Phi) is 8.25. The van der Waals surface area contributed by atoms with E-state index in [4.69, 9.17) is 21.1 Å². The van der Waals surface area contributed by atoms with Crippen LogP contribution in [0.1, 0.15) is 48.2 Å². The molecule has 0 spiro atoms. The molecule has 2 aliphatic rings. The van der Waals surface area contributed by atoms with Crippen LogP contribution in [0, 0.1) is 0 Å². The molecule has 6 nitrogen and oxygen atoms in total. The van der Waals surface area contributed by atoms with Gasteiger partial charge in [0.25, 0.3) is 0 Å². The normalized spacial score (nSPS) is 16.8.